The van der Waals surface area contributed by atoms with Crippen LogP contribution in [-0.4, -0.2) is 99.0 Å². The van der Waals surface area contributed by atoms with Crippen molar-refractivity contribution in [3.05, 3.63) is 83.9 Å². The molecule has 0 spiro atoms. The van der Waals surface area contributed by atoms with Crippen LogP contribution in [0.5, 0.6) is 0 Å². The average Bonchev–Trinajstić information content (AvgIpc) is 3.89. The number of nitrogens with one attached hydrogen (secondary N) is 2. The van der Waals surface area contributed by atoms with Crippen LogP contribution in [0, 0.1) is 0 Å². The predicted octanol–water partition coefficient (Wildman–Crippen LogP) is 2.37. The van der Waals surface area contributed by atoms with Crippen molar-refractivity contribution in [3.8, 4) is 0 Å². The van der Waals surface area contributed by atoms with Gasteiger partial charge in [0.05, 0.1) is 18.4 Å². The smallest absolute Gasteiger partial charge is 0.404 e. The molecule has 5 N–H and O–H groups in total. The summed E-state index contributed by atoms with van der Waals surface area (Å²) < 4.78 is 1.78. The minimum Gasteiger partial charge on any atom is -0.465 e. The molecule has 3 aromatic heterocycles. The van der Waals surface area contributed by atoms with Gasteiger partial charge in [-0.3, -0.25) is 0 Å². The molecule has 244 valence electrons. The van der Waals surface area contributed by atoms with Gasteiger partial charge in [0.25, 0.3) is 0 Å². The van der Waals surface area contributed by atoms with Crippen LogP contribution in [0.15, 0.2) is 67.0 Å². The van der Waals surface area contributed by atoms with Gasteiger partial charge in [-0.1, -0.05) is 67.6 Å². The van der Waals surface area contributed by atoms with E-state index in [2.05, 4.69) is 50.3 Å². The first-order valence-electron chi connectivity index (χ1n) is 15.9. The van der Waals surface area contributed by atoms with Gasteiger partial charge in [0.1, 0.15) is 18.2 Å². The molecule has 5 atom stereocenters. The van der Waals surface area contributed by atoms with Crippen molar-refractivity contribution in [3.63, 3.8) is 0 Å². The maximum absolute atomic E-state index is 11.3. The van der Waals surface area contributed by atoms with Gasteiger partial charge >= 0.3 is 6.09 Å². The van der Waals surface area contributed by atoms with Gasteiger partial charge in [-0.2, -0.15) is 14.8 Å². The van der Waals surface area contributed by atoms with Crippen LogP contribution >= 0.6 is 0 Å². The van der Waals surface area contributed by atoms with E-state index in [1.165, 1.54) is 4.80 Å². The van der Waals surface area contributed by atoms with Gasteiger partial charge in [-0.05, 0) is 29.2 Å². The molecule has 2 fully saturated rings. The second-order valence-electron chi connectivity index (χ2n) is 12.1. The zero-order valence-corrected chi connectivity index (χ0v) is 25.8. The molecular formula is C32H37N11O4. The van der Waals surface area contributed by atoms with Crippen molar-refractivity contribution in [2.75, 3.05) is 29.9 Å². The van der Waals surface area contributed by atoms with Crippen molar-refractivity contribution >= 4 is 29.0 Å². The van der Waals surface area contributed by atoms with Crippen molar-refractivity contribution in [1.82, 2.24) is 45.0 Å². The van der Waals surface area contributed by atoms with Crippen LogP contribution in [0.4, 0.5) is 16.6 Å². The van der Waals surface area contributed by atoms with E-state index in [1.54, 1.807) is 10.9 Å². The fourth-order valence-electron chi connectivity index (χ4n) is 6.67. The summed E-state index contributed by atoms with van der Waals surface area (Å²) in [7, 11) is 0. The quantitative estimate of drug-likeness (QED) is 0.150. The Kier molecular flexibility index (Phi) is 8.39. The number of nitrogens with zero attached hydrogens (tertiary/aromatic N) is 9. The van der Waals surface area contributed by atoms with Crippen LogP contribution in [0.25, 0.3) is 11.2 Å². The number of hydrogen-bond acceptors (Lipinski definition) is 11. The monoisotopic (exact) mass is 639 g/mol. The summed E-state index contributed by atoms with van der Waals surface area (Å²) in [4.78, 5) is 29.2. The Balaban J connectivity index is 1.25. The van der Waals surface area contributed by atoms with Gasteiger partial charge in [0.15, 0.2) is 22.8 Å². The summed E-state index contributed by atoms with van der Waals surface area (Å²) in [6.07, 6.45) is -0.181. The fraction of sp³-hybridized carbons (Fsp3) is 0.406. The Bertz CT molecular complexity index is 1790. The normalized spacial score (nSPS) is 22.7. The standard InChI is InChI=1S/C32H37N11O4/c1-2-25-38-40-43(39-25)24-15-23(27(44)28(24)45)42-18-34-26-29(36-31(37-30(26)42)41-14-13-21(17-41)35-32(46)47)33-16-22(19-9-5-3-6-10-19)20-11-7-4-8-12-20/h3-12,18,21-24,27-28,35,44-45H,2,13-17H2,1H3,(H,46,47)(H,33,36,37)/t21-,23-,24+,27+,28-/m1/s1. The maximum Gasteiger partial charge on any atom is 0.404 e. The van der Waals surface area contributed by atoms with Crippen molar-refractivity contribution < 1.29 is 20.1 Å². The van der Waals surface area contributed by atoms with E-state index in [1.807, 2.05) is 48.2 Å². The first-order chi connectivity index (χ1) is 22.9. The molecule has 1 saturated carbocycles. The molecule has 4 heterocycles. The molecule has 5 aromatic rings. The SMILES string of the molecule is CCc1nnn([C@H]2C[C@@H](n3cnc4c(NCC(c5ccccc5)c5ccccc5)nc(N5CC[C@@H](NC(=O)O)C5)nc43)[C@H](O)[C@@H]2O)n1. The summed E-state index contributed by atoms with van der Waals surface area (Å²) in [5.41, 5.74) is 3.30. The summed E-state index contributed by atoms with van der Waals surface area (Å²) in [5, 5.41) is 50.3. The molecule has 1 saturated heterocycles. The predicted molar refractivity (Wildman–Crippen MR) is 172 cm³/mol. The minimum absolute atomic E-state index is 0.0136. The number of aromatic nitrogens is 8. The van der Waals surface area contributed by atoms with Crippen molar-refractivity contribution in [2.24, 2.45) is 0 Å². The van der Waals surface area contributed by atoms with Crippen molar-refractivity contribution in [1.29, 1.82) is 0 Å². The van der Waals surface area contributed by atoms with Crippen LogP contribution < -0.4 is 15.5 Å². The van der Waals surface area contributed by atoms with Gasteiger partial charge in [-0.15, -0.1) is 10.2 Å². The number of anilines is 2. The topological polar surface area (TPSA) is 192 Å². The molecule has 0 bridgehead atoms. The Morgan fingerprint density at radius 1 is 1.00 bits per heavy atom. The maximum atomic E-state index is 11.3. The van der Waals surface area contributed by atoms with E-state index < -0.39 is 30.4 Å². The Hall–Kier alpha value is -5.15. The van der Waals surface area contributed by atoms with Crippen LogP contribution in [0.2, 0.25) is 0 Å². The lowest BCUT2D eigenvalue weighted by molar-refractivity contribution is 0.00473. The van der Waals surface area contributed by atoms with Gasteiger partial charge in [0, 0.05) is 32.0 Å². The molecular weight excluding hydrogens is 602 g/mol. The summed E-state index contributed by atoms with van der Waals surface area (Å²) in [6, 6.07) is 19.1. The third kappa shape index (κ3) is 6.06. The van der Waals surface area contributed by atoms with Gasteiger partial charge in [-0.25, -0.2) is 9.78 Å². The van der Waals surface area contributed by atoms with E-state index in [4.69, 9.17) is 15.0 Å². The zero-order valence-electron chi connectivity index (χ0n) is 25.8. The highest BCUT2D eigenvalue weighted by molar-refractivity contribution is 5.84. The lowest BCUT2D eigenvalue weighted by Gasteiger charge is -2.22. The Morgan fingerprint density at radius 3 is 2.36 bits per heavy atom. The molecule has 1 aliphatic heterocycles. The molecule has 7 rings (SSSR count). The number of tetrazole rings is 1. The molecule has 1 amide bonds. The van der Waals surface area contributed by atoms with Crippen LogP contribution in [0.1, 0.15) is 54.7 Å². The number of aliphatic hydroxyl groups excluding tert-OH is 2. The Morgan fingerprint density at radius 2 is 1.70 bits per heavy atom. The molecule has 2 aromatic carbocycles. The molecule has 47 heavy (non-hydrogen) atoms. The number of aliphatic hydroxyl groups is 2. The summed E-state index contributed by atoms with van der Waals surface area (Å²) in [5.74, 6) is 1.51. The van der Waals surface area contributed by atoms with E-state index in [-0.39, 0.29) is 12.0 Å². The third-order valence-corrected chi connectivity index (χ3v) is 9.15. The number of benzene rings is 2. The second kappa shape index (κ2) is 12.9. The molecule has 15 heteroatoms. The first-order valence-corrected chi connectivity index (χ1v) is 15.9. The van der Waals surface area contributed by atoms with E-state index in [9.17, 15) is 20.1 Å². The highest BCUT2D eigenvalue weighted by Crippen LogP contribution is 2.40. The fourth-order valence-corrected chi connectivity index (χ4v) is 6.67. The number of imidazole rings is 1. The second-order valence-corrected chi connectivity index (χ2v) is 12.1. The zero-order chi connectivity index (χ0) is 32.5. The highest BCUT2D eigenvalue weighted by Gasteiger charge is 2.45. The minimum atomic E-state index is -1.14. The lowest BCUT2D eigenvalue weighted by Crippen LogP contribution is -2.36. The molecule has 0 unspecified atom stereocenters. The molecule has 15 nitrogen and oxygen atoms in total. The number of carboxylic acid groups (broad SMARTS) is 1. The molecule has 1 aliphatic carbocycles. The number of hydrogen-bond donors (Lipinski definition) is 5. The van der Waals surface area contributed by atoms with Crippen LogP contribution in [0.3, 0.4) is 0 Å². The lowest BCUT2D eigenvalue weighted by atomic mass is 9.91. The highest BCUT2D eigenvalue weighted by atomic mass is 16.4. The number of rotatable bonds is 10. The Labute approximate surface area is 270 Å². The third-order valence-electron chi connectivity index (χ3n) is 9.15. The first kappa shape index (κ1) is 30.5. The van der Waals surface area contributed by atoms with Crippen molar-refractivity contribution in [2.45, 2.75) is 62.4 Å². The molecule has 0 radical (unpaired) electrons. The van der Waals surface area contributed by atoms with Crippen LogP contribution in [-0.2, 0) is 6.42 Å². The van der Waals surface area contributed by atoms with Gasteiger partial charge < -0.3 is 35.4 Å². The number of fused-ring (bicyclic) bond motifs is 1. The van der Waals surface area contributed by atoms with E-state index in [0.717, 1.165) is 11.1 Å². The number of aryl methyl sites for hydroxylation is 1. The largest absolute Gasteiger partial charge is 0.465 e. The average molecular weight is 640 g/mol. The van der Waals surface area contributed by atoms with E-state index >= 15 is 0 Å². The number of amides is 1. The summed E-state index contributed by atoms with van der Waals surface area (Å²) >= 11 is 0. The molecule has 2 aliphatic rings. The summed E-state index contributed by atoms with van der Waals surface area (Å²) in [6.45, 7) is 3.41. The number of carbonyl (C=O) groups is 1. The van der Waals surface area contributed by atoms with E-state index in [0.29, 0.717) is 67.7 Å². The van der Waals surface area contributed by atoms with Gasteiger partial charge in [0.2, 0.25) is 5.95 Å².